The van der Waals surface area contributed by atoms with Crippen molar-refractivity contribution in [3.63, 3.8) is 0 Å². The highest BCUT2D eigenvalue weighted by molar-refractivity contribution is 5.87. The summed E-state index contributed by atoms with van der Waals surface area (Å²) in [5, 5.41) is 19.2. The first-order valence-corrected chi connectivity index (χ1v) is 9.40. The number of non-ortho nitro benzene ring substituents is 1. The van der Waals surface area contributed by atoms with Crippen LogP contribution in [0.15, 0.2) is 85.1 Å². The molecule has 0 unspecified atom stereocenters. The van der Waals surface area contributed by atoms with Crippen molar-refractivity contribution >= 4 is 11.4 Å². The molecule has 3 aromatic carbocycles. The van der Waals surface area contributed by atoms with Gasteiger partial charge in [-0.25, -0.2) is 4.68 Å². The Kier molecular flexibility index (Phi) is 5.07. The van der Waals surface area contributed by atoms with Gasteiger partial charge in [0.2, 0.25) is 0 Å². The first-order valence-electron chi connectivity index (χ1n) is 9.40. The highest BCUT2D eigenvalue weighted by Gasteiger charge is 2.17. The van der Waals surface area contributed by atoms with E-state index < -0.39 is 4.92 Å². The zero-order chi connectivity index (χ0) is 20.2. The maximum atomic E-state index is 11.0. The van der Waals surface area contributed by atoms with Crippen LogP contribution in [0.5, 0.6) is 0 Å². The summed E-state index contributed by atoms with van der Waals surface area (Å²) in [6.45, 7) is 2.86. The number of nitrogens with zero attached hydrogens (tertiary/aromatic N) is 3. The number of hydrogen-bond donors (Lipinski definition) is 1. The second-order valence-corrected chi connectivity index (χ2v) is 6.55. The molecule has 1 N–H and O–H groups in total. The van der Waals surface area contributed by atoms with E-state index in [1.54, 1.807) is 12.1 Å². The first-order chi connectivity index (χ1) is 14.2. The molecule has 6 heteroatoms. The van der Waals surface area contributed by atoms with Crippen molar-refractivity contribution in [2.45, 2.75) is 6.92 Å². The number of hydrogen-bond acceptors (Lipinski definition) is 4. The Bertz CT molecular complexity index is 1140. The van der Waals surface area contributed by atoms with E-state index in [4.69, 9.17) is 5.10 Å². The van der Waals surface area contributed by atoms with Crippen LogP contribution in [0.2, 0.25) is 0 Å². The van der Waals surface area contributed by atoms with Crippen molar-refractivity contribution < 1.29 is 4.92 Å². The average molecular weight is 384 g/mol. The number of rotatable bonds is 6. The third-order valence-corrected chi connectivity index (χ3v) is 4.67. The number of nitro benzene ring substituents is 1. The van der Waals surface area contributed by atoms with E-state index in [1.807, 2.05) is 59.4 Å². The number of aromatic nitrogens is 2. The molecule has 4 aromatic rings. The fraction of sp³-hybridized carbons (Fsp3) is 0.0870. The summed E-state index contributed by atoms with van der Waals surface area (Å²) in [5.41, 5.74) is 5.62. The molecular formula is C23H20N4O2. The molecule has 144 valence electrons. The van der Waals surface area contributed by atoms with E-state index in [1.165, 1.54) is 12.1 Å². The SMILES string of the molecule is CCNc1ccccc1-c1cn(-c2ccccc2)nc1-c1ccc([N+](=O)[O-])cc1. The second-order valence-electron chi connectivity index (χ2n) is 6.55. The van der Waals surface area contributed by atoms with Crippen LogP contribution >= 0.6 is 0 Å². The van der Waals surface area contributed by atoms with Gasteiger partial charge in [0.05, 0.1) is 10.6 Å². The summed E-state index contributed by atoms with van der Waals surface area (Å²) < 4.78 is 1.84. The largest absolute Gasteiger partial charge is 0.385 e. The first kappa shape index (κ1) is 18.4. The number of nitrogens with one attached hydrogen (secondary N) is 1. The Labute approximate surface area is 168 Å². The van der Waals surface area contributed by atoms with Crippen molar-refractivity contribution in [1.82, 2.24) is 9.78 Å². The lowest BCUT2D eigenvalue weighted by atomic mass is 10.00. The minimum atomic E-state index is -0.395. The minimum Gasteiger partial charge on any atom is -0.385 e. The third kappa shape index (κ3) is 3.73. The van der Waals surface area contributed by atoms with Crippen molar-refractivity contribution in [3.8, 4) is 28.1 Å². The molecule has 1 heterocycles. The number of benzene rings is 3. The van der Waals surface area contributed by atoms with Crippen molar-refractivity contribution in [2.24, 2.45) is 0 Å². The summed E-state index contributed by atoms with van der Waals surface area (Å²) in [5.74, 6) is 0. The Morgan fingerprint density at radius 1 is 0.931 bits per heavy atom. The number of anilines is 1. The monoisotopic (exact) mass is 384 g/mol. The van der Waals surface area contributed by atoms with Crippen molar-refractivity contribution in [2.75, 3.05) is 11.9 Å². The molecule has 0 amide bonds. The fourth-order valence-corrected chi connectivity index (χ4v) is 3.30. The van der Waals surface area contributed by atoms with E-state index in [0.717, 1.165) is 40.3 Å². The van der Waals surface area contributed by atoms with Gasteiger partial charge in [0, 0.05) is 47.3 Å². The van der Waals surface area contributed by atoms with Crippen LogP contribution in [0.3, 0.4) is 0 Å². The van der Waals surface area contributed by atoms with Gasteiger partial charge in [0.15, 0.2) is 0 Å². The lowest BCUT2D eigenvalue weighted by Crippen LogP contribution is -1.98. The molecule has 0 atom stereocenters. The third-order valence-electron chi connectivity index (χ3n) is 4.67. The van der Waals surface area contributed by atoms with Gasteiger partial charge in [-0.1, -0.05) is 36.4 Å². The molecule has 4 rings (SSSR count). The van der Waals surface area contributed by atoms with Gasteiger partial charge in [0.1, 0.15) is 5.69 Å². The maximum absolute atomic E-state index is 11.0. The molecule has 6 nitrogen and oxygen atoms in total. The molecule has 0 bridgehead atoms. The molecule has 0 saturated heterocycles. The molecule has 0 saturated carbocycles. The molecule has 29 heavy (non-hydrogen) atoms. The van der Waals surface area contributed by atoms with E-state index in [-0.39, 0.29) is 5.69 Å². The molecule has 0 spiro atoms. The molecule has 0 radical (unpaired) electrons. The van der Waals surface area contributed by atoms with Crippen LogP contribution in [0.25, 0.3) is 28.1 Å². The van der Waals surface area contributed by atoms with Crippen molar-refractivity contribution in [1.29, 1.82) is 0 Å². The quantitative estimate of drug-likeness (QED) is 0.350. The fourth-order valence-electron chi connectivity index (χ4n) is 3.30. The van der Waals surface area contributed by atoms with Gasteiger partial charge in [-0.3, -0.25) is 10.1 Å². The van der Waals surface area contributed by atoms with E-state index in [2.05, 4.69) is 18.3 Å². The van der Waals surface area contributed by atoms with Crippen LogP contribution in [-0.4, -0.2) is 21.2 Å². The van der Waals surface area contributed by atoms with Crippen LogP contribution in [-0.2, 0) is 0 Å². The molecule has 0 aliphatic heterocycles. The second kappa shape index (κ2) is 7.98. The van der Waals surface area contributed by atoms with Crippen LogP contribution in [0, 0.1) is 10.1 Å². The molecule has 0 aliphatic rings. The minimum absolute atomic E-state index is 0.0610. The highest BCUT2D eigenvalue weighted by atomic mass is 16.6. The summed E-state index contributed by atoms with van der Waals surface area (Å²) in [4.78, 5) is 10.6. The highest BCUT2D eigenvalue weighted by Crippen LogP contribution is 2.36. The molecule has 0 fully saturated rings. The topological polar surface area (TPSA) is 73.0 Å². The molecule has 1 aromatic heterocycles. The Morgan fingerprint density at radius 2 is 1.62 bits per heavy atom. The van der Waals surface area contributed by atoms with Gasteiger partial charge < -0.3 is 5.32 Å². The molecule has 0 aliphatic carbocycles. The average Bonchev–Trinajstić information content (AvgIpc) is 3.20. The zero-order valence-corrected chi connectivity index (χ0v) is 15.9. The Hall–Kier alpha value is -3.93. The number of para-hydroxylation sites is 2. The predicted octanol–water partition coefficient (Wildman–Crippen LogP) is 5.55. The van der Waals surface area contributed by atoms with E-state index >= 15 is 0 Å². The van der Waals surface area contributed by atoms with Crippen LogP contribution in [0.1, 0.15) is 6.92 Å². The van der Waals surface area contributed by atoms with Gasteiger partial charge in [-0.05, 0) is 37.3 Å². The Morgan fingerprint density at radius 3 is 2.31 bits per heavy atom. The Balaban J connectivity index is 1.89. The predicted molar refractivity (Wildman–Crippen MR) is 115 cm³/mol. The van der Waals surface area contributed by atoms with Gasteiger partial charge in [-0.2, -0.15) is 5.10 Å². The summed E-state index contributed by atoms with van der Waals surface area (Å²) >= 11 is 0. The van der Waals surface area contributed by atoms with Gasteiger partial charge >= 0.3 is 0 Å². The number of nitro groups is 1. The standard InChI is InChI=1S/C23H20N4O2/c1-2-24-22-11-7-6-10-20(22)21-16-26(18-8-4-3-5-9-18)25-23(21)17-12-14-19(15-13-17)27(28)29/h3-16,24H,2H2,1H3. The lowest BCUT2D eigenvalue weighted by Gasteiger charge is -2.10. The van der Waals surface area contributed by atoms with E-state index in [9.17, 15) is 10.1 Å². The smallest absolute Gasteiger partial charge is 0.269 e. The van der Waals surface area contributed by atoms with Gasteiger partial charge in [-0.15, -0.1) is 0 Å². The maximum Gasteiger partial charge on any atom is 0.269 e. The van der Waals surface area contributed by atoms with Gasteiger partial charge in [0.25, 0.3) is 5.69 Å². The normalized spacial score (nSPS) is 10.7. The molecular weight excluding hydrogens is 364 g/mol. The summed E-state index contributed by atoms with van der Waals surface area (Å²) in [7, 11) is 0. The van der Waals surface area contributed by atoms with Crippen LogP contribution in [0.4, 0.5) is 11.4 Å². The van der Waals surface area contributed by atoms with Crippen LogP contribution < -0.4 is 5.32 Å². The summed E-state index contributed by atoms with van der Waals surface area (Å²) in [6, 6.07) is 24.5. The summed E-state index contributed by atoms with van der Waals surface area (Å²) in [6.07, 6.45) is 2.00. The van der Waals surface area contributed by atoms with Crippen molar-refractivity contribution in [3.05, 3.63) is 95.2 Å². The zero-order valence-electron chi connectivity index (χ0n) is 15.9. The lowest BCUT2D eigenvalue weighted by molar-refractivity contribution is -0.384. The van der Waals surface area contributed by atoms with E-state index in [0.29, 0.717) is 0 Å².